The first-order chi connectivity index (χ1) is 8.94. The van der Waals surface area contributed by atoms with E-state index in [4.69, 9.17) is 5.11 Å². The van der Waals surface area contributed by atoms with Crippen LogP contribution in [-0.4, -0.2) is 22.6 Å². The lowest BCUT2D eigenvalue weighted by Crippen LogP contribution is -2.23. The van der Waals surface area contributed by atoms with Crippen LogP contribution in [0.2, 0.25) is 0 Å². The number of aromatic nitrogens is 1. The molecule has 0 bridgehead atoms. The number of carbonyl (C=O) groups is 1. The lowest BCUT2D eigenvalue weighted by atomic mass is 9.87. The average Bonchev–Trinajstić information content (AvgIpc) is 2.37. The molecule has 0 unspecified atom stereocenters. The molecule has 1 heterocycles. The third-order valence-corrected chi connectivity index (χ3v) is 3.22. The molecule has 4 heteroatoms. The summed E-state index contributed by atoms with van der Waals surface area (Å²) in [4.78, 5) is 14.8. The molecule has 0 aliphatic carbocycles. The van der Waals surface area contributed by atoms with Crippen LogP contribution in [0, 0.1) is 5.41 Å². The number of nitrogens with one attached hydrogen (secondary N) is 1. The minimum Gasteiger partial charge on any atom is -0.478 e. The molecule has 0 aromatic carbocycles. The van der Waals surface area contributed by atoms with Gasteiger partial charge < -0.3 is 10.4 Å². The van der Waals surface area contributed by atoms with Gasteiger partial charge in [-0.2, -0.15) is 0 Å². The van der Waals surface area contributed by atoms with Crippen molar-refractivity contribution in [1.82, 2.24) is 4.98 Å². The fourth-order valence-corrected chi connectivity index (χ4v) is 1.90. The Hall–Kier alpha value is -1.58. The summed E-state index contributed by atoms with van der Waals surface area (Å²) in [5.74, 6) is -0.215. The van der Waals surface area contributed by atoms with Crippen molar-refractivity contribution in [2.75, 3.05) is 11.9 Å². The van der Waals surface area contributed by atoms with E-state index in [1.165, 1.54) is 31.9 Å². The predicted octanol–water partition coefficient (Wildman–Crippen LogP) is 3.80. The fourth-order valence-electron chi connectivity index (χ4n) is 1.90. The summed E-state index contributed by atoms with van der Waals surface area (Å²) in [5.41, 5.74) is 0.440. The molecule has 0 spiro atoms. The van der Waals surface area contributed by atoms with Gasteiger partial charge in [0, 0.05) is 12.7 Å². The number of aromatic carboxylic acids is 1. The molecule has 1 aromatic rings. The van der Waals surface area contributed by atoms with Crippen LogP contribution in [0.1, 0.15) is 56.8 Å². The van der Waals surface area contributed by atoms with Crippen LogP contribution >= 0.6 is 0 Å². The van der Waals surface area contributed by atoms with Gasteiger partial charge in [-0.15, -0.1) is 0 Å². The normalized spacial score (nSPS) is 11.3. The number of unbranched alkanes of at least 4 members (excludes halogenated alkanes) is 2. The Balaban J connectivity index is 2.44. The van der Waals surface area contributed by atoms with Gasteiger partial charge in [0.1, 0.15) is 5.82 Å². The van der Waals surface area contributed by atoms with E-state index in [9.17, 15) is 4.79 Å². The third-order valence-electron chi connectivity index (χ3n) is 3.22. The van der Waals surface area contributed by atoms with Gasteiger partial charge in [0.15, 0.2) is 0 Å². The van der Waals surface area contributed by atoms with Crippen LogP contribution in [0.25, 0.3) is 0 Å². The highest BCUT2D eigenvalue weighted by molar-refractivity contribution is 5.87. The first-order valence-corrected chi connectivity index (χ1v) is 6.88. The van der Waals surface area contributed by atoms with Gasteiger partial charge in [-0.25, -0.2) is 9.78 Å². The molecule has 0 amide bonds. The van der Waals surface area contributed by atoms with Crippen LogP contribution in [-0.2, 0) is 0 Å². The Kier molecular flexibility index (Phi) is 5.80. The molecule has 106 valence electrons. The predicted molar refractivity (Wildman–Crippen MR) is 77.6 cm³/mol. The highest BCUT2D eigenvalue weighted by atomic mass is 16.4. The van der Waals surface area contributed by atoms with Crippen LogP contribution in [0.4, 0.5) is 5.82 Å². The molecule has 0 saturated heterocycles. The highest BCUT2D eigenvalue weighted by Crippen LogP contribution is 2.24. The number of rotatable bonds is 8. The third kappa shape index (κ3) is 5.73. The van der Waals surface area contributed by atoms with E-state index in [1.54, 1.807) is 12.1 Å². The summed E-state index contributed by atoms with van der Waals surface area (Å²) < 4.78 is 0. The molecule has 0 radical (unpaired) electrons. The van der Waals surface area contributed by atoms with Crippen LogP contribution in [0.5, 0.6) is 0 Å². The van der Waals surface area contributed by atoms with E-state index in [2.05, 4.69) is 31.1 Å². The van der Waals surface area contributed by atoms with Gasteiger partial charge in [0.05, 0.1) is 5.56 Å². The Morgan fingerprint density at radius 3 is 2.63 bits per heavy atom. The van der Waals surface area contributed by atoms with Crippen molar-refractivity contribution in [2.45, 2.75) is 46.5 Å². The number of carboxylic acids is 1. The maximum atomic E-state index is 10.7. The molecular weight excluding hydrogens is 240 g/mol. The zero-order valence-corrected chi connectivity index (χ0v) is 12.1. The van der Waals surface area contributed by atoms with Crippen molar-refractivity contribution < 1.29 is 9.90 Å². The molecule has 19 heavy (non-hydrogen) atoms. The van der Waals surface area contributed by atoms with Crippen molar-refractivity contribution in [3.05, 3.63) is 23.9 Å². The second-order valence-corrected chi connectivity index (χ2v) is 5.71. The van der Waals surface area contributed by atoms with E-state index < -0.39 is 5.97 Å². The highest BCUT2D eigenvalue weighted by Gasteiger charge is 2.17. The van der Waals surface area contributed by atoms with E-state index in [0.29, 0.717) is 0 Å². The molecule has 0 fully saturated rings. The van der Waals surface area contributed by atoms with E-state index in [0.717, 1.165) is 12.4 Å². The van der Waals surface area contributed by atoms with Gasteiger partial charge in [0.2, 0.25) is 0 Å². The molecule has 2 N–H and O–H groups in total. The van der Waals surface area contributed by atoms with E-state index >= 15 is 0 Å². The van der Waals surface area contributed by atoms with E-state index in [1.807, 2.05) is 0 Å². The molecule has 0 aliphatic rings. The minimum absolute atomic E-state index is 0.216. The minimum atomic E-state index is -0.945. The fraction of sp³-hybridized carbons (Fsp3) is 0.600. The van der Waals surface area contributed by atoms with Gasteiger partial charge in [-0.1, -0.05) is 40.0 Å². The summed E-state index contributed by atoms with van der Waals surface area (Å²) in [6, 6.07) is 3.29. The maximum absolute atomic E-state index is 10.7. The molecular formula is C15H24N2O2. The average molecular weight is 264 g/mol. The lowest BCUT2D eigenvalue weighted by Gasteiger charge is -2.25. The molecule has 0 aliphatic heterocycles. The number of pyridine rings is 1. The number of nitrogens with zero attached hydrogens (tertiary/aromatic N) is 1. The number of carboxylic acid groups (broad SMARTS) is 1. The summed E-state index contributed by atoms with van der Waals surface area (Å²) >= 11 is 0. The summed E-state index contributed by atoms with van der Waals surface area (Å²) in [5, 5.41) is 12.1. The summed E-state index contributed by atoms with van der Waals surface area (Å²) in [6.45, 7) is 7.53. The SMILES string of the molecule is CCCCCC(C)(C)CNc1ccc(C(=O)O)cn1. The first-order valence-electron chi connectivity index (χ1n) is 6.88. The largest absolute Gasteiger partial charge is 0.478 e. The molecule has 0 saturated carbocycles. The van der Waals surface area contributed by atoms with Crippen molar-refractivity contribution in [2.24, 2.45) is 5.41 Å². The second kappa shape index (κ2) is 7.12. The molecule has 0 atom stereocenters. The van der Waals surface area contributed by atoms with Gasteiger partial charge >= 0.3 is 5.97 Å². The maximum Gasteiger partial charge on any atom is 0.337 e. The zero-order chi connectivity index (χ0) is 14.3. The second-order valence-electron chi connectivity index (χ2n) is 5.71. The van der Waals surface area contributed by atoms with Crippen LogP contribution in [0.15, 0.2) is 18.3 Å². The van der Waals surface area contributed by atoms with Gasteiger partial charge in [-0.05, 0) is 24.0 Å². The number of hydrogen-bond acceptors (Lipinski definition) is 3. The van der Waals surface area contributed by atoms with Crippen molar-refractivity contribution >= 4 is 11.8 Å². The van der Waals surface area contributed by atoms with Gasteiger partial charge in [0.25, 0.3) is 0 Å². The van der Waals surface area contributed by atoms with E-state index in [-0.39, 0.29) is 11.0 Å². The van der Waals surface area contributed by atoms with Crippen LogP contribution < -0.4 is 5.32 Å². The Morgan fingerprint density at radius 1 is 1.37 bits per heavy atom. The smallest absolute Gasteiger partial charge is 0.337 e. The standard InChI is InChI=1S/C15H24N2O2/c1-4-5-6-9-15(2,3)11-17-13-8-7-12(10-16-13)14(18)19/h7-8,10H,4-6,9,11H2,1-3H3,(H,16,17)(H,18,19). The van der Waals surface area contributed by atoms with Gasteiger partial charge in [-0.3, -0.25) is 0 Å². The first kappa shape index (κ1) is 15.5. The Morgan fingerprint density at radius 2 is 2.11 bits per heavy atom. The molecule has 4 nitrogen and oxygen atoms in total. The van der Waals surface area contributed by atoms with Crippen molar-refractivity contribution in [3.8, 4) is 0 Å². The van der Waals surface area contributed by atoms with Crippen molar-refractivity contribution in [3.63, 3.8) is 0 Å². The topological polar surface area (TPSA) is 62.2 Å². The summed E-state index contributed by atoms with van der Waals surface area (Å²) in [7, 11) is 0. The molecule has 1 aromatic heterocycles. The molecule has 1 rings (SSSR count). The summed E-state index contributed by atoms with van der Waals surface area (Å²) in [6.07, 6.45) is 6.32. The number of anilines is 1. The lowest BCUT2D eigenvalue weighted by molar-refractivity contribution is 0.0696. The number of hydrogen-bond donors (Lipinski definition) is 2. The van der Waals surface area contributed by atoms with Crippen LogP contribution in [0.3, 0.4) is 0 Å². The monoisotopic (exact) mass is 264 g/mol. The Bertz CT molecular complexity index is 399. The Labute approximate surface area is 115 Å². The quantitative estimate of drug-likeness (QED) is 0.701. The zero-order valence-electron chi connectivity index (χ0n) is 12.1. The van der Waals surface area contributed by atoms with Crippen molar-refractivity contribution in [1.29, 1.82) is 0 Å².